The Labute approximate surface area is 144 Å². The van der Waals surface area contributed by atoms with Crippen molar-refractivity contribution in [2.45, 2.75) is 25.2 Å². The van der Waals surface area contributed by atoms with Crippen molar-refractivity contribution in [1.82, 2.24) is 5.32 Å². The molecule has 0 spiro atoms. The summed E-state index contributed by atoms with van der Waals surface area (Å²) in [6.07, 6.45) is 2.49. The van der Waals surface area contributed by atoms with Crippen molar-refractivity contribution in [3.8, 4) is 0 Å². The molecule has 1 aliphatic rings. The highest BCUT2D eigenvalue weighted by molar-refractivity contribution is 5.76. The second kappa shape index (κ2) is 8.65. The highest BCUT2D eigenvalue weighted by Gasteiger charge is 2.19. The number of hydrogen-bond donors (Lipinski definition) is 1. The lowest BCUT2D eigenvalue weighted by molar-refractivity contribution is -0.122. The molecule has 0 unspecified atom stereocenters. The average Bonchev–Trinajstić information content (AvgIpc) is 3.13. The molecular formula is C21H25NO2. The number of ether oxygens (including phenoxy) is 1. The summed E-state index contributed by atoms with van der Waals surface area (Å²) in [5.74, 6) is 0.844. The van der Waals surface area contributed by atoms with Gasteiger partial charge in [0, 0.05) is 32.1 Å². The van der Waals surface area contributed by atoms with Gasteiger partial charge in [-0.25, -0.2) is 0 Å². The molecule has 126 valence electrons. The predicted molar refractivity (Wildman–Crippen MR) is 95.9 cm³/mol. The first kappa shape index (κ1) is 16.7. The molecule has 1 amide bonds. The van der Waals surface area contributed by atoms with E-state index in [0.717, 1.165) is 26.1 Å². The molecule has 3 heteroatoms. The van der Waals surface area contributed by atoms with Gasteiger partial charge in [0.05, 0.1) is 0 Å². The molecule has 3 rings (SSSR count). The minimum atomic E-state index is 0.144. The summed E-state index contributed by atoms with van der Waals surface area (Å²) >= 11 is 0. The van der Waals surface area contributed by atoms with Gasteiger partial charge in [0.25, 0.3) is 0 Å². The summed E-state index contributed by atoms with van der Waals surface area (Å²) in [7, 11) is 0. The predicted octanol–water partition coefficient (Wildman–Crippen LogP) is 3.75. The Balaban J connectivity index is 1.57. The Kier molecular flexibility index (Phi) is 6.02. The molecule has 1 atom stereocenters. The standard InChI is InChI=1S/C21H25NO2/c23-21(15-17-12-14-24-16-17)22-13-11-20(18-7-3-1-4-8-18)19-9-5-2-6-10-19/h1-10,17,20H,11-16H2,(H,22,23)/t17-/m1/s1. The summed E-state index contributed by atoms with van der Waals surface area (Å²) in [6.45, 7) is 2.22. The molecule has 0 aromatic heterocycles. The Hall–Kier alpha value is -2.13. The maximum absolute atomic E-state index is 12.1. The van der Waals surface area contributed by atoms with Crippen molar-refractivity contribution < 1.29 is 9.53 Å². The summed E-state index contributed by atoms with van der Waals surface area (Å²) in [5.41, 5.74) is 2.59. The molecule has 24 heavy (non-hydrogen) atoms. The zero-order valence-corrected chi connectivity index (χ0v) is 14.0. The van der Waals surface area contributed by atoms with Gasteiger partial charge in [-0.3, -0.25) is 4.79 Å². The first-order chi connectivity index (χ1) is 11.8. The lowest BCUT2D eigenvalue weighted by Crippen LogP contribution is -2.27. The van der Waals surface area contributed by atoms with Crippen LogP contribution in [-0.2, 0) is 9.53 Å². The second-order valence-electron chi connectivity index (χ2n) is 6.45. The Bertz CT molecular complexity index is 581. The van der Waals surface area contributed by atoms with E-state index in [0.29, 0.717) is 24.8 Å². The molecule has 1 saturated heterocycles. The van der Waals surface area contributed by atoms with Crippen molar-refractivity contribution in [2.75, 3.05) is 19.8 Å². The average molecular weight is 323 g/mol. The van der Waals surface area contributed by atoms with Crippen LogP contribution in [0.15, 0.2) is 60.7 Å². The summed E-state index contributed by atoms with van der Waals surface area (Å²) < 4.78 is 5.34. The van der Waals surface area contributed by atoms with Gasteiger partial charge in [0.2, 0.25) is 5.91 Å². The largest absolute Gasteiger partial charge is 0.381 e. The van der Waals surface area contributed by atoms with Crippen LogP contribution < -0.4 is 5.32 Å². The van der Waals surface area contributed by atoms with Crippen molar-refractivity contribution in [2.24, 2.45) is 5.92 Å². The molecule has 2 aromatic carbocycles. The van der Waals surface area contributed by atoms with E-state index >= 15 is 0 Å². The molecule has 1 heterocycles. The van der Waals surface area contributed by atoms with E-state index in [1.165, 1.54) is 11.1 Å². The van der Waals surface area contributed by atoms with Crippen molar-refractivity contribution in [3.63, 3.8) is 0 Å². The molecule has 0 saturated carbocycles. The topological polar surface area (TPSA) is 38.3 Å². The third kappa shape index (κ3) is 4.68. The summed E-state index contributed by atoms with van der Waals surface area (Å²) in [4.78, 5) is 12.1. The van der Waals surface area contributed by atoms with E-state index in [4.69, 9.17) is 4.74 Å². The van der Waals surface area contributed by atoms with Gasteiger partial charge in [-0.2, -0.15) is 0 Å². The zero-order valence-electron chi connectivity index (χ0n) is 14.0. The van der Waals surface area contributed by atoms with Gasteiger partial charge in [-0.15, -0.1) is 0 Å². The number of rotatable bonds is 7. The van der Waals surface area contributed by atoms with Crippen LogP contribution in [0.1, 0.15) is 36.3 Å². The normalized spacial score (nSPS) is 17.1. The van der Waals surface area contributed by atoms with E-state index < -0.39 is 0 Å². The van der Waals surface area contributed by atoms with Crippen LogP contribution in [0.4, 0.5) is 0 Å². The fraction of sp³-hybridized carbons (Fsp3) is 0.381. The van der Waals surface area contributed by atoms with Gasteiger partial charge >= 0.3 is 0 Å². The maximum Gasteiger partial charge on any atom is 0.220 e. The fourth-order valence-electron chi connectivity index (χ4n) is 3.33. The monoisotopic (exact) mass is 323 g/mol. The van der Waals surface area contributed by atoms with Crippen LogP contribution in [0, 0.1) is 5.92 Å². The Morgan fingerprint density at radius 2 is 1.67 bits per heavy atom. The van der Waals surface area contributed by atoms with Gasteiger partial charge < -0.3 is 10.1 Å². The summed E-state index contributed by atoms with van der Waals surface area (Å²) in [6, 6.07) is 21.0. The van der Waals surface area contributed by atoms with E-state index in [9.17, 15) is 4.79 Å². The lowest BCUT2D eigenvalue weighted by Gasteiger charge is -2.18. The van der Waals surface area contributed by atoms with E-state index in [-0.39, 0.29) is 5.91 Å². The van der Waals surface area contributed by atoms with Gasteiger partial charge in [0.15, 0.2) is 0 Å². The minimum absolute atomic E-state index is 0.144. The Morgan fingerprint density at radius 3 is 2.21 bits per heavy atom. The quantitative estimate of drug-likeness (QED) is 0.843. The molecule has 2 aromatic rings. The lowest BCUT2D eigenvalue weighted by atomic mass is 9.88. The van der Waals surface area contributed by atoms with Gasteiger partial charge in [-0.05, 0) is 29.9 Å². The number of benzene rings is 2. The fourth-order valence-corrected chi connectivity index (χ4v) is 3.33. The Morgan fingerprint density at radius 1 is 1.04 bits per heavy atom. The highest BCUT2D eigenvalue weighted by Crippen LogP contribution is 2.27. The third-order valence-corrected chi connectivity index (χ3v) is 4.66. The second-order valence-corrected chi connectivity index (χ2v) is 6.45. The van der Waals surface area contributed by atoms with Crippen molar-refractivity contribution >= 4 is 5.91 Å². The van der Waals surface area contributed by atoms with E-state index in [1.54, 1.807) is 0 Å². The molecule has 0 radical (unpaired) electrons. The molecule has 0 aliphatic carbocycles. The van der Waals surface area contributed by atoms with Crippen molar-refractivity contribution in [1.29, 1.82) is 0 Å². The van der Waals surface area contributed by atoms with Crippen LogP contribution >= 0.6 is 0 Å². The van der Waals surface area contributed by atoms with Gasteiger partial charge in [0.1, 0.15) is 0 Å². The minimum Gasteiger partial charge on any atom is -0.381 e. The number of hydrogen-bond acceptors (Lipinski definition) is 2. The van der Waals surface area contributed by atoms with Crippen LogP contribution in [0.2, 0.25) is 0 Å². The third-order valence-electron chi connectivity index (χ3n) is 4.66. The molecular weight excluding hydrogens is 298 g/mol. The van der Waals surface area contributed by atoms with Crippen LogP contribution in [0.5, 0.6) is 0 Å². The number of carbonyl (C=O) groups excluding carboxylic acids is 1. The first-order valence-corrected chi connectivity index (χ1v) is 8.77. The SMILES string of the molecule is O=C(C[C@H]1CCOC1)NCCC(c1ccccc1)c1ccccc1. The molecule has 1 aliphatic heterocycles. The van der Waals surface area contributed by atoms with Crippen LogP contribution in [0.25, 0.3) is 0 Å². The molecule has 1 fully saturated rings. The summed E-state index contributed by atoms with van der Waals surface area (Å²) in [5, 5.41) is 3.09. The smallest absolute Gasteiger partial charge is 0.220 e. The molecule has 0 bridgehead atoms. The van der Waals surface area contributed by atoms with E-state index in [2.05, 4.69) is 53.8 Å². The van der Waals surface area contributed by atoms with Gasteiger partial charge in [-0.1, -0.05) is 60.7 Å². The first-order valence-electron chi connectivity index (χ1n) is 8.77. The van der Waals surface area contributed by atoms with Crippen LogP contribution in [-0.4, -0.2) is 25.7 Å². The number of amides is 1. The van der Waals surface area contributed by atoms with Crippen LogP contribution in [0.3, 0.4) is 0 Å². The van der Waals surface area contributed by atoms with E-state index in [1.807, 2.05) is 12.1 Å². The highest BCUT2D eigenvalue weighted by atomic mass is 16.5. The van der Waals surface area contributed by atoms with Crippen molar-refractivity contribution in [3.05, 3.63) is 71.8 Å². The molecule has 3 nitrogen and oxygen atoms in total. The maximum atomic E-state index is 12.1. The molecule has 1 N–H and O–H groups in total. The number of carbonyl (C=O) groups is 1. The number of nitrogens with one attached hydrogen (secondary N) is 1. The zero-order chi connectivity index (χ0) is 16.6.